The number of carbonyl (C=O) groups excluding carboxylic acids is 2. The Morgan fingerprint density at radius 2 is 1.61 bits per heavy atom. The molecule has 0 saturated carbocycles. The molecule has 2 aliphatic rings. The van der Waals surface area contributed by atoms with Crippen LogP contribution < -0.4 is 0 Å². The molecule has 4 heterocycles. The molecule has 0 unspecified atom stereocenters. The molecule has 2 amide bonds. The van der Waals surface area contributed by atoms with Gasteiger partial charge in [0.05, 0.1) is 17.3 Å². The first kappa shape index (κ1) is 23.6. The summed E-state index contributed by atoms with van der Waals surface area (Å²) in [5, 5.41) is 2.21. The van der Waals surface area contributed by atoms with Crippen LogP contribution in [0.1, 0.15) is 34.5 Å². The zero-order chi connectivity index (χ0) is 24.8. The lowest BCUT2D eigenvalue weighted by Gasteiger charge is -2.27. The Kier molecular flexibility index (Phi) is 6.30. The molecule has 5 nitrogen and oxygen atoms in total. The van der Waals surface area contributed by atoms with E-state index in [9.17, 15) is 9.59 Å². The van der Waals surface area contributed by atoms with Gasteiger partial charge in [-0.2, -0.15) is 0 Å². The van der Waals surface area contributed by atoms with Crippen molar-refractivity contribution in [3.63, 3.8) is 0 Å². The van der Waals surface area contributed by atoms with Gasteiger partial charge in [-0.3, -0.25) is 19.4 Å². The second-order valence-corrected chi connectivity index (χ2v) is 11.2. The maximum atomic E-state index is 12.3. The van der Waals surface area contributed by atoms with Crippen molar-refractivity contribution in [2.24, 2.45) is 0 Å². The molecule has 6 rings (SSSR count). The average molecular weight is 536 g/mol. The molecule has 2 aromatic heterocycles. The fourth-order valence-electron chi connectivity index (χ4n) is 5.12. The molecular weight excluding hydrogens is 513 g/mol. The first-order valence-corrected chi connectivity index (χ1v) is 13.5. The van der Waals surface area contributed by atoms with Gasteiger partial charge in [-0.25, -0.2) is 4.98 Å². The number of hydrogen-bond donors (Lipinski definition) is 0. The molecule has 2 aliphatic heterocycles. The number of amides is 2. The number of nitrogens with zero attached hydrogens (tertiary/aromatic N) is 3. The highest BCUT2D eigenvalue weighted by Gasteiger charge is 2.32. The standard InChI is InChI=1S/C28H23Cl2N3O2S/c29-19-8-6-18(7-9-19)25-26-20-12-13-32(14-17-4-2-1-3-5-17)16-22(20)36-28(26)31-21(27(25)30)15-33-23(34)10-11-24(33)35/h1-9H,10-16H2. The van der Waals surface area contributed by atoms with Crippen LogP contribution in [0.2, 0.25) is 10.0 Å². The molecule has 0 atom stereocenters. The fourth-order valence-corrected chi connectivity index (χ4v) is 6.84. The number of carbonyl (C=O) groups is 2. The minimum absolute atomic E-state index is 0.0930. The van der Waals surface area contributed by atoms with E-state index in [2.05, 4.69) is 29.2 Å². The molecule has 0 aliphatic carbocycles. The van der Waals surface area contributed by atoms with Gasteiger partial charge >= 0.3 is 0 Å². The zero-order valence-corrected chi connectivity index (χ0v) is 21.8. The molecular formula is C28H23Cl2N3O2S. The summed E-state index contributed by atoms with van der Waals surface area (Å²) in [4.78, 5) is 35.5. The number of likely N-dealkylation sites (tertiary alicyclic amines) is 1. The van der Waals surface area contributed by atoms with Gasteiger partial charge in [-0.05, 0) is 35.2 Å². The van der Waals surface area contributed by atoms with E-state index in [1.165, 1.54) is 20.9 Å². The Hall–Kier alpha value is -2.77. The van der Waals surface area contributed by atoms with Crippen molar-refractivity contribution in [3.8, 4) is 11.1 Å². The van der Waals surface area contributed by atoms with Crippen molar-refractivity contribution in [1.82, 2.24) is 14.8 Å². The fraction of sp³-hybridized carbons (Fsp3) is 0.250. The second kappa shape index (κ2) is 9.60. The highest BCUT2D eigenvalue weighted by Crippen LogP contribution is 2.45. The number of thiophene rings is 1. The maximum Gasteiger partial charge on any atom is 0.230 e. The van der Waals surface area contributed by atoms with Crippen LogP contribution in [0.4, 0.5) is 0 Å². The normalized spacial score (nSPS) is 16.2. The highest BCUT2D eigenvalue weighted by molar-refractivity contribution is 7.19. The molecule has 0 bridgehead atoms. The topological polar surface area (TPSA) is 53.5 Å². The SMILES string of the molecule is O=C1CCC(=O)N1Cc1nc2sc3c(c2c(-c2ccc(Cl)cc2)c1Cl)CCN(Cc1ccccc1)C3. The number of hydrogen-bond acceptors (Lipinski definition) is 5. The smallest absolute Gasteiger partial charge is 0.230 e. The number of fused-ring (bicyclic) bond motifs is 3. The monoisotopic (exact) mass is 535 g/mol. The third kappa shape index (κ3) is 4.33. The Morgan fingerprint density at radius 1 is 0.889 bits per heavy atom. The van der Waals surface area contributed by atoms with Crippen LogP contribution in [-0.2, 0) is 35.6 Å². The molecule has 1 saturated heterocycles. The molecule has 8 heteroatoms. The lowest BCUT2D eigenvalue weighted by molar-refractivity contribution is -0.139. The van der Waals surface area contributed by atoms with Gasteiger partial charge in [0.25, 0.3) is 0 Å². The number of pyridine rings is 1. The number of aromatic nitrogens is 1. The van der Waals surface area contributed by atoms with Crippen LogP contribution in [-0.4, -0.2) is 33.1 Å². The summed E-state index contributed by atoms with van der Waals surface area (Å²) < 4.78 is 0. The first-order chi connectivity index (χ1) is 17.5. The summed E-state index contributed by atoms with van der Waals surface area (Å²) in [6.45, 7) is 2.79. The van der Waals surface area contributed by atoms with Crippen molar-refractivity contribution in [3.05, 3.63) is 86.3 Å². The van der Waals surface area contributed by atoms with Crippen LogP contribution >= 0.6 is 34.5 Å². The predicted octanol–water partition coefficient (Wildman–Crippen LogP) is 6.48. The number of imide groups is 1. The molecule has 4 aromatic rings. The zero-order valence-electron chi connectivity index (χ0n) is 19.5. The quantitative estimate of drug-likeness (QED) is 0.274. The minimum atomic E-state index is -0.173. The largest absolute Gasteiger partial charge is 0.294 e. The van der Waals surface area contributed by atoms with Crippen LogP contribution in [0.25, 0.3) is 21.3 Å². The average Bonchev–Trinajstić information content (AvgIpc) is 3.39. The van der Waals surface area contributed by atoms with E-state index in [-0.39, 0.29) is 31.2 Å². The van der Waals surface area contributed by atoms with Crippen molar-refractivity contribution >= 4 is 56.6 Å². The Bertz CT molecular complexity index is 1470. The van der Waals surface area contributed by atoms with Crippen molar-refractivity contribution in [2.45, 2.75) is 38.9 Å². The van der Waals surface area contributed by atoms with E-state index >= 15 is 0 Å². The molecule has 0 spiro atoms. The Labute approximate surface area is 223 Å². The summed E-state index contributed by atoms with van der Waals surface area (Å²) >= 11 is 14.9. The van der Waals surface area contributed by atoms with E-state index in [1.807, 2.05) is 30.3 Å². The lowest BCUT2D eigenvalue weighted by Crippen LogP contribution is -2.29. The van der Waals surface area contributed by atoms with Gasteiger partial charge in [-0.15, -0.1) is 11.3 Å². The molecule has 36 heavy (non-hydrogen) atoms. The molecule has 182 valence electrons. The van der Waals surface area contributed by atoms with Gasteiger partial charge in [0.2, 0.25) is 11.8 Å². The first-order valence-electron chi connectivity index (χ1n) is 12.0. The number of rotatable bonds is 5. The summed E-state index contributed by atoms with van der Waals surface area (Å²) in [5.74, 6) is -0.346. The molecule has 2 aromatic carbocycles. The number of halogens is 2. The van der Waals surface area contributed by atoms with E-state index in [0.29, 0.717) is 15.7 Å². The maximum absolute atomic E-state index is 12.3. The minimum Gasteiger partial charge on any atom is -0.294 e. The van der Waals surface area contributed by atoms with Gasteiger partial charge in [0, 0.05) is 53.3 Å². The van der Waals surface area contributed by atoms with Crippen LogP contribution in [0.15, 0.2) is 54.6 Å². The van der Waals surface area contributed by atoms with E-state index < -0.39 is 0 Å². The van der Waals surface area contributed by atoms with E-state index in [4.69, 9.17) is 28.2 Å². The van der Waals surface area contributed by atoms with Crippen molar-refractivity contribution < 1.29 is 9.59 Å². The van der Waals surface area contributed by atoms with Gasteiger partial charge in [0.15, 0.2) is 0 Å². The van der Waals surface area contributed by atoms with Gasteiger partial charge in [0.1, 0.15) is 4.83 Å². The van der Waals surface area contributed by atoms with Crippen LogP contribution in [0.5, 0.6) is 0 Å². The Morgan fingerprint density at radius 3 is 2.33 bits per heavy atom. The predicted molar refractivity (Wildman–Crippen MR) is 144 cm³/mol. The highest BCUT2D eigenvalue weighted by atomic mass is 35.5. The summed E-state index contributed by atoms with van der Waals surface area (Å²) in [6.07, 6.45) is 1.39. The van der Waals surface area contributed by atoms with Gasteiger partial charge < -0.3 is 0 Å². The van der Waals surface area contributed by atoms with Crippen molar-refractivity contribution in [2.75, 3.05) is 6.54 Å². The third-order valence-electron chi connectivity index (χ3n) is 6.92. The molecule has 1 fully saturated rings. The molecule has 0 N–H and O–H groups in total. The summed E-state index contributed by atoms with van der Waals surface area (Å²) in [6, 6.07) is 18.2. The van der Waals surface area contributed by atoms with E-state index in [1.54, 1.807) is 11.3 Å². The van der Waals surface area contributed by atoms with Crippen molar-refractivity contribution in [1.29, 1.82) is 0 Å². The van der Waals surface area contributed by atoms with Crippen LogP contribution in [0, 0.1) is 0 Å². The third-order valence-corrected chi connectivity index (χ3v) is 8.69. The lowest BCUT2D eigenvalue weighted by atomic mass is 9.96. The van der Waals surface area contributed by atoms with E-state index in [0.717, 1.165) is 47.4 Å². The number of benzene rings is 2. The second-order valence-electron chi connectivity index (χ2n) is 9.26. The van der Waals surface area contributed by atoms with Gasteiger partial charge in [-0.1, -0.05) is 65.7 Å². The summed E-state index contributed by atoms with van der Waals surface area (Å²) in [7, 11) is 0. The Balaban J connectivity index is 1.44. The van der Waals surface area contributed by atoms with Crippen LogP contribution in [0.3, 0.4) is 0 Å². The molecule has 0 radical (unpaired) electrons. The summed E-state index contributed by atoms with van der Waals surface area (Å²) in [5.41, 5.74) is 4.99.